The fourth-order valence-electron chi connectivity index (χ4n) is 0.256. The molecule has 1 N–H and O–H groups in total. The van der Waals surface area contributed by atoms with E-state index in [2.05, 4.69) is 6.92 Å². The summed E-state index contributed by atoms with van der Waals surface area (Å²) >= 11 is 0.271. The van der Waals surface area contributed by atoms with Crippen LogP contribution >= 0.6 is 0 Å². The van der Waals surface area contributed by atoms with Crippen LogP contribution in [-0.2, 0) is 0 Å². The number of aliphatic hydroxyl groups is 1. The SMILES string of the molecule is CC[AsH]CCO. The van der Waals surface area contributed by atoms with Crippen molar-refractivity contribution in [1.82, 2.24) is 0 Å². The molecule has 0 aromatic carbocycles. The number of hydrogen-bond acceptors (Lipinski definition) is 1. The third kappa shape index (κ3) is 4.52. The molecule has 0 aromatic heterocycles. The Morgan fingerprint density at radius 1 is 1.67 bits per heavy atom. The van der Waals surface area contributed by atoms with Crippen LogP contribution in [0.5, 0.6) is 0 Å². The second-order valence-electron chi connectivity index (χ2n) is 1.08. The monoisotopic (exact) mass is 150 g/mol. The van der Waals surface area contributed by atoms with Crippen LogP contribution in [0.15, 0.2) is 0 Å². The van der Waals surface area contributed by atoms with Crippen LogP contribution in [0.4, 0.5) is 0 Å². The summed E-state index contributed by atoms with van der Waals surface area (Å²) in [5.74, 6) is 0. The molecule has 0 aliphatic rings. The van der Waals surface area contributed by atoms with Crippen LogP contribution in [0.25, 0.3) is 0 Å². The van der Waals surface area contributed by atoms with Crippen molar-refractivity contribution in [3.63, 3.8) is 0 Å². The summed E-state index contributed by atoms with van der Waals surface area (Å²) in [6.45, 7) is 2.59. The Labute approximate surface area is 45.4 Å². The molecule has 38 valence electrons. The van der Waals surface area contributed by atoms with Crippen LogP contribution in [0, 0.1) is 0 Å². The zero-order valence-corrected chi connectivity index (χ0v) is 6.17. The predicted octanol–water partition coefficient (Wildman–Crippen LogP) is 0.272. The van der Waals surface area contributed by atoms with Gasteiger partial charge >= 0.3 is 44.8 Å². The van der Waals surface area contributed by atoms with Crippen molar-refractivity contribution in [2.75, 3.05) is 6.61 Å². The summed E-state index contributed by atoms with van der Waals surface area (Å²) in [6.07, 6.45) is 0. The molecule has 0 aromatic rings. The molecule has 1 atom stereocenters. The third-order valence-electron chi connectivity index (χ3n) is 0.539. The van der Waals surface area contributed by atoms with Gasteiger partial charge in [0.1, 0.15) is 0 Å². The minimum atomic E-state index is 0.271. The van der Waals surface area contributed by atoms with Crippen molar-refractivity contribution in [3.8, 4) is 0 Å². The zero-order valence-electron chi connectivity index (χ0n) is 4.07. The zero-order chi connectivity index (χ0) is 4.83. The maximum absolute atomic E-state index is 8.23. The van der Waals surface area contributed by atoms with Gasteiger partial charge in [0, 0.05) is 0 Å². The molecule has 0 fully saturated rings. The average molecular weight is 150 g/mol. The second-order valence-corrected chi connectivity index (χ2v) is 4.66. The minimum absolute atomic E-state index is 0.271. The summed E-state index contributed by atoms with van der Waals surface area (Å²) in [7, 11) is 0. The standard InChI is InChI=1S/C4H11AsO/c1-2-5-3-4-6/h5-6H,2-4H2,1H3. The van der Waals surface area contributed by atoms with Crippen molar-refractivity contribution in [2.45, 2.75) is 17.3 Å². The van der Waals surface area contributed by atoms with Gasteiger partial charge in [-0.1, -0.05) is 0 Å². The van der Waals surface area contributed by atoms with Crippen LogP contribution in [-0.4, -0.2) is 27.5 Å². The van der Waals surface area contributed by atoms with Crippen LogP contribution < -0.4 is 0 Å². The molecule has 0 aliphatic carbocycles. The van der Waals surface area contributed by atoms with Crippen LogP contribution in [0.1, 0.15) is 6.92 Å². The van der Waals surface area contributed by atoms with E-state index < -0.39 is 0 Å². The van der Waals surface area contributed by atoms with Gasteiger partial charge in [-0.15, -0.1) is 0 Å². The van der Waals surface area contributed by atoms with Gasteiger partial charge in [-0.05, 0) is 0 Å². The molecule has 1 nitrogen and oxygen atoms in total. The van der Waals surface area contributed by atoms with Crippen LogP contribution in [0.3, 0.4) is 0 Å². The quantitative estimate of drug-likeness (QED) is 0.452. The Hall–Kier alpha value is 0.518. The molecule has 0 heterocycles. The summed E-state index contributed by atoms with van der Waals surface area (Å²) in [6, 6.07) is 0. The van der Waals surface area contributed by atoms with Gasteiger partial charge in [-0.25, -0.2) is 0 Å². The second kappa shape index (κ2) is 5.52. The van der Waals surface area contributed by atoms with E-state index >= 15 is 0 Å². The normalized spacial score (nSPS) is 11.0. The first-order valence-corrected chi connectivity index (χ1v) is 5.20. The van der Waals surface area contributed by atoms with Gasteiger partial charge in [-0.3, -0.25) is 0 Å². The maximum atomic E-state index is 8.23. The summed E-state index contributed by atoms with van der Waals surface area (Å²) in [4.78, 5) is 0. The van der Waals surface area contributed by atoms with Crippen molar-refractivity contribution in [3.05, 3.63) is 0 Å². The fraction of sp³-hybridized carbons (Fsp3) is 1.00. The third-order valence-corrected chi connectivity index (χ3v) is 2.80. The van der Waals surface area contributed by atoms with E-state index in [1.807, 2.05) is 0 Å². The Kier molecular flexibility index (Phi) is 6.00. The van der Waals surface area contributed by atoms with Gasteiger partial charge in [-0.2, -0.15) is 0 Å². The van der Waals surface area contributed by atoms with E-state index in [0.717, 1.165) is 5.21 Å². The molecule has 6 heavy (non-hydrogen) atoms. The Balaban J connectivity index is 2.34. The fourth-order valence-corrected chi connectivity index (χ4v) is 1.33. The van der Waals surface area contributed by atoms with Gasteiger partial charge in [0.05, 0.1) is 0 Å². The Morgan fingerprint density at radius 3 is 2.50 bits per heavy atom. The summed E-state index contributed by atoms with van der Waals surface area (Å²) in [5.41, 5.74) is 0. The Bertz CT molecular complexity index is 19.5. The molecule has 0 bridgehead atoms. The van der Waals surface area contributed by atoms with Crippen LogP contribution in [0.2, 0.25) is 10.4 Å². The van der Waals surface area contributed by atoms with Gasteiger partial charge < -0.3 is 0 Å². The average Bonchev–Trinajstić information content (AvgIpc) is 1.61. The van der Waals surface area contributed by atoms with Crippen molar-refractivity contribution in [1.29, 1.82) is 0 Å². The number of hydrogen-bond donors (Lipinski definition) is 1. The van der Waals surface area contributed by atoms with Gasteiger partial charge in [0.25, 0.3) is 0 Å². The van der Waals surface area contributed by atoms with E-state index in [4.69, 9.17) is 5.11 Å². The molecule has 0 radical (unpaired) electrons. The number of aliphatic hydroxyl groups excluding tert-OH is 1. The van der Waals surface area contributed by atoms with E-state index in [0.29, 0.717) is 6.61 Å². The van der Waals surface area contributed by atoms with E-state index in [-0.39, 0.29) is 15.8 Å². The number of rotatable bonds is 3. The molecular formula is C4H11AsO. The summed E-state index contributed by atoms with van der Waals surface area (Å²) in [5, 5.41) is 10.6. The molecule has 0 saturated heterocycles. The first-order chi connectivity index (χ1) is 2.91. The van der Waals surface area contributed by atoms with E-state index in [9.17, 15) is 0 Å². The molecule has 0 spiro atoms. The van der Waals surface area contributed by atoms with Gasteiger partial charge in [0.15, 0.2) is 0 Å². The molecule has 0 saturated carbocycles. The topological polar surface area (TPSA) is 20.2 Å². The molecule has 0 rings (SSSR count). The van der Waals surface area contributed by atoms with Crippen molar-refractivity contribution < 1.29 is 5.11 Å². The molecule has 1 unspecified atom stereocenters. The van der Waals surface area contributed by atoms with Crippen molar-refractivity contribution >= 4 is 15.8 Å². The Morgan fingerprint density at radius 2 is 2.33 bits per heavy atom. The molecular weight excluding hydrogens is 139 g/mol. The summed E-state index contributed by atoms with van der Waals surface area (Å²) < 4.78 is 0. The first kappa shape index (κ1) is 6.52. The van der Waals surface area contributed by atoms with Crippen molar-refractivity contribution in [2.24, 2.45) is 0 Å². The molecule has 0 amide bonds. The predicted molar refractivity (Wildman–Crippen MR) is 29.5 cm³/mol. The van der Waals surface area contributed by atoms with E-state index in [1.54, 1.807) is 0 Å². The van der Waals surface area contributed by atoms with Gasteiger partial charge in [0.2, 0.25) is 0 Å². The molecule has 2 heteroatoms. The first-order valence-electron chi connectivity index (χ1n) is 2.23. The molecule has 0 aliphatic heterocycles. The van der Waals surface area contributed by atoms with E-state index in [1.165, 1.54) is 5.21 Å².